The van der Waals surface area contributed by atoms with Crippen molar-refractivity contribution in [3.63, 3.8) is 0 Å². The summed E-state index contributed by atoms with van der Waals surface area (Å²) in [7, 11) is 1.67. The normalized spacial score (nSPS) is 11.1. The van der Waals surface area contributed by atoms with Crippen LogP contribution in [0.15, 0.2) is 48.0 Å². The van der Waals surface area contributed by atoms with E-state index in [2.05, 4.69) is 24.1 Å². The number of carboxylic acids is 1. The number of ether oxygens (including phenoxy) is 1. The topological polar surface area (TPSA) is 84.3 Å². The van der Waals surface area contributed by atoms with Crippen molar-refractivity contribution in [2.75, 3.05) is 12.4 Å². The second-order valence-corrected chi connectivity index (χ2v) is 10.5. The summed E-state index contributed by atoms with van der Waals surface area (Å²) in [6.45, 7) is 6.41. The van der Waals surface area contributed by atoms with E-state index in [1.165, 1.54) is 11.3 Å². The molecule has 176 valence electrons. The van der Waals surface area contributed by atoms with Gasteiger partial charge in [0, 0.05) is 27.1 Å². The van der Waals surface area contributed by atoms with Gasteiger partial charge in [-0.2, -0.15) is 0 Å². The van der Waals surface area contributed by atoms with Crippen LogP contribution in [-0.4, -0.2) is 28.2 Å². The molecule has 4 rings (SSSR count). The number of thiazole rings is 1. The van der Waals surface area contributed by atoms with Crippen molar-refractivity contribution in [3.05, 3.63) is 64.0 Å². The minimum Gasteiger partial charge on any atom is -0.496 e. The van der Waals surface area contributed by atoms with E-state index in [1.807, 2.05) is 42.6 Å². The van der Waals surface area contributed by atoms with Crippen LogP contribution in [0.3, 0.4) is 0 Å². The molecule has 0 unspecified atom stereocenters. The molecule has 0 aliphatic rings. The molecule has 1 aromatic carbocycles. The molecule has 3 aromatic heterocycles. The Morgan fingerprint density at radius 2 is 2.03 bits per heavy atom. The van der Waals surface area contributed by atoms with E-state index in [4.69, 9.17) is 9.72 Å². The third kappa shape index (κ3) is 5.29. The SMILES string of the molecule is COc1cc(-c2nc(Nc3ncc(-c4cccs4)cc3C(=O)O)sc2CCC(C)C)ccc1C. The zero-order valence-electron chi connectivity index (χ0n) is 19.6. The Morgan fingerprint density at radius 1 is 1.21 bits per heavy atom. The van der Waals surface area contributed by atoms with E-state index in [0.717, 1.165) is 50.7 Å². The Hall–Kier alpha value is -3.23. The zero-order valence-corrected chi connectivity index (χ0v) is 21.2. The molecule has 0 atom stereocenters. The molecule has 8 heteroatoms. The highest BCUT2D eigenvalue weighted by Gasteiger charge is 2.19. The average Bonchev–Trinajstić information content (AvgIpc) is 3.48. The van der Waals surface area contributed by atoms with Crippen LogP contribution < -0.4 is 10.1 Å². The molecule has 34 heavy (non-hydrogen) atoms. The maximum absolute atomic E-state index is 12.0. The Morgan fingerprint density at radius 3 is 2.71 bits per heavy atom. The smallest absolute Gasteiger partial charge is 0.339 e. The van der Waals surface area contributed by atoms with Crippen LogP contribution in [0, 0.1) is 12.8 Å². The molecule has 4 aromatic rings. The van der Waals surface area contributed by atoms with Gasteiger partial charge in [0.15, 0.2) is 5.13 Å². The number of rotatable bonds is 9. The van der Waals surface area contributed by atoms with Gasteiger partial charge in [-0.15, -0.1) is 22.7 Å². The Labute approximate surface area is 207 Å². The summed E-state index contributed by atoms with van der Waals surface area (Å²) < 4.78 is 5.52. The lowest BCUT2D eigenvalue weighted by Gasteiger charge is -2.08. The van der Waals surface area contributed by atoms with E-state index >= 15 is 0 Å². The van der Waals surface area contributed by atoms with E-state index < -0.39 is 5.97 Å². The maximum Gasteiger partial charge on any atom is 0.339 e. The molecule has 0 bridgehead atoms. The van der Waals surface area contributed by atoms with E-state index in [9.17, 15) is 9.90 Å². The van der Waals surface area contributed by atoms with Crippen molar-refractivity contribution in [1.29, 1.82) is 0 Å². The number of thiophene rings is 1. The zero-order chi connectivity index (χ0) is 24.2. The third-order valence-electron chi connectivity index (χ3n) is 5.48. The van der Waals surface area contributed by atoms with Crippen molar-refractivity contribution in [3.8, 4) is 27.4 Å². The molecule has 0 amide bonds. The summed E-state index contributed by atoms with van der Waals surface area (Å²) in [5.74, 6) is 0.622. The van der Waals surface area contributed by atoms with E-state index in [1.54, 1.807) is 30.7 Å². The Kier molecular flexibility index (Phi) is 7.29. The number of aryl methyl sites for hydroxylation is 2. The molecule has 0 aliphatic carbocycles. The molecular formula is C26H27N3O3S2. The number of pyridine rings is 1. The second-order valence-electron chi connectivity index (χ2n) is 8.44. The molecule has 3 heterocycles. The van der Waals surface area contributed by atoms with Crippen molar-refractivity contribution in [2.24, 2.45) is 5.92 Å². The second kappa shape index (κ2) is 10.4. The fourth-order valence-corrected chi connectivity index (χ4v) is 5.30. The van der Waals surface area contributed by atoms with Gasteiger partial charge in [0.2, 0.25) is 0 Å². The first-order valence-corrected chi connectivity index (χ1v) is 12.7. The van der Waals surface area contributed by atoms with Crippen LogP contribution in [0.25, 0.3) is 21.7 Å². The molecule has 0 fully saturated rings. The number of aromatic carboxylic acids is 1. The van der Waals surface area contributed by atoms with Crippen LogP contribution in [0.4, 0.5) is 10.9 Å². The van der Waals surface area contributed by atoms with Gasteiger partial charge in [0.1, 0.15) is 17.1 Å². The summed E-state index contributed by atoms with van der Waals surface area (Å²) in [6, 6.07) is 11.6. The Bertz CT molecular complexity index is 1300. The summed E-state index contributed by atoms with van der Waals surface area (Å²) in [4.78, 5) is 23.4. The van der Waals surface area contributed by atoms with Gasteiger partial charge >= 0.3 is 5.97 Å². The molecule has 0 saturated carbocycles. The van der Waals surface area contributed by atoms with Gasteiger partial charge in [-0.05, 0) is 54.8 Å². The first-order chi connectivity index (χ1) is 16.4. The van der Waals surface area contributed by atoms with Crippen LogP contribution in [0.5, 0.6) is 5.75 Å². The fraction of sp³-hybridized carbons (Fsp3) is 0.269. The molecular weight excluding hydrogens is 466 g/mol. The number of anilines is 2. The predicted octanol–water partition coefficient (Wildman–Crippen LogP) is 7.28. The predicted molar refractivity (Wildman–Crippen MR) is 140 cm³/mol. The van der Waals surface area contributed by atoms with Gasteiger partial charge in [-0.1, -0.05) is 32.0 Å². The fourth-order valence-electron chi connectivity index (χ4n) is 3.59. The lowest BCUT2D eigenvalue weighted by molar-refractivity contribution is 0.0697. The molecule has 2 N–H and O–H groups in total. The number of nitrogens with zero attached hydrogens (tertiary/aromatic N) is 2. The molecule has 0 spiro atoms. The van der Waals surface area contributed by atoms with Gasteiger partial charge in [0.25, 0.3) is 0 Å². The number of hydrogen-bond acceptors (Lipinski definition) is 7. The first kappa shape index (κ1) is 23.9. The Balaban J connectivity index is 1.71. The number of carboxylic acid groups (broad SMARTS) is 1. The van der Waals surface area contributed by atoms with Crippen LogP contribution in [0.2, 0.25) is 0 Å². The van der Waals surface area contributed by atoms with Gasteiger partial charge in [-0.25, -0.2) is 14.8 Å². The van der Waals surface area contributed by atoms with Crippen LogP contribution in [-0.2, 0) is 6.42 Å². The highest BCUT2D eigenvalue weighted by atomic mass is 32.1. The quantitative estimate of drug-likeness (QED) is 0.255. The number of benzene rings is 1. The molecule has 0 radical (unpaired) electrons. The molecule has 0 saturated heterocycles. The number of methoxy groups -OCH3 is 1. The standard InChI is InChI=1S/C26H27N3O3S2/c1-15(2)7-10-22-23(17-9-8-16(3)20(13-17)32-4)28-26(34-22)29-24-19(25(30)31)12-18(14-27-24)21-6-5-11-33-21/h5-6,8-9,11-15H,7,10H2,1-4H3,(H,30,31)(H,27,28,29). The lowest BCUT2D eigenvalue weighted by Crippen LogP contribution is -2.05. The van der Waals surface area contributed by atoms with Crippen molar-refractivity contribution in [1.82, 2.24) is 9.97 Å². The summed E-state index contributed by atoms with van der Waals surface area (Å²) >= 11 is 3.08. The minimum atomic E-state index is -1.03. The average molecular weight is 494 g/mol. The highest BCUT2D eigenvalue weighted by Crippen LogP contribution is 2.37. The maximum atomic E-state index is 12.0. The van der Waals surface area contributed by atoms with Gasteiger partial charge in [-0.3, -0.25) is 0 Å². The summed E-state index contributed by atoms with van der Waals surface area (Å²) in [5.41, 5.74) is 3.82. The number of nitrogens with one attached hydrogen (secondary N) is 1. The number of hydrogen-bond donors (Lipinski definition) is 2. The number of aromatic nitrogens is 2. The van der Waals surface area contributed by atoms with Crippen LogP contribution in [0.1, 0.15) is 41.1 Å². The van der Waals surface area contributed by atoms with Gasteiger partial charge < -0.3 is 15.2 Å². The minimum absolute atomic E-state index is 0.114. The van der Waals surface area contributed by atoms with Crippen molar-refractivity contribution in [2.45, 2.75) is 33.6 Å². The highest BCUT2D eigenvalue weighted by molar-refractivity contribution is 7.16. The van der Waals surface area contributed by atoms with Gasteiger partial charge in [0.05, 0.1) is 12.8 Å². The summed E-state index contributed by atoms with van der Waals surface area (Å²) in [6.07, 6.45) is 3.62. The largest absolute Gasteiger partial charge is 0.496 e. The van der Waals surface area contributed by atoms with Crippen molar-refractivity contribution < 1.29 is 14.6 Å². The van der Waals surface area contributed by atoms with E-state index in [0.29, 0.717) is 11.0 Å². The summed E-state index contributed by atoms with van der Waals surface area (Å²) in [5, 5.41) is 15.6. The molecule has 6 nitrogen and oxygen atoms in total. The monoisotopic (exact) mass is 493 g/mol. The van der Waals surface area contributed by atoms with Crippen LogP contribution >= 0.6 is 22.7 Å². The lowest BCUT2D eigenvalue weighted by atomic mass is 10.0. The molecule has 0 aliphatic heterocycles. The number of carbonyl (C=O) groups is 1. The third-order valence-corrected chi connectivity index (χ3v) is 7.43. The van der Waals surface area contributed by atoms with E-state index in [-0.39, 0.29) is 11.4 Å². The first-order valence-electron chi connectivity index (χ1n) is 11.0. The van der Waals surface area contributed by atoms with Crippen molar-refractivity contribution >= 4 is 39.6 Å².